The molecule has 0 aliphatic carbocycles. The molecule has 2 aliphatic heterocycles. The normalized spacial score (nSPS) is 21.6. The first-order valence-electron chi connectivity index (χ1n) is 10.5. The molecule has 28 heavy (non-hydrogen) atoms. The number of piperidine rings is 2. The van der Waals surface area contributed by atoms with E-state index in [-0.39, 0.29) is 17.7 Å². The van der Waals surface area contributed by atoms with Crippen LogP contribution in [0.1, 0.15) is 37.9 Å². The van der Waals surface area contributed by atoms with Gasteiger partial charge in [-0.15, -0.1) is 0 Å². The molecule has 1 N–H and O–H groups in total. The molecule has 0 saturated carbocycles. The summed E-state index contributed by atoms with van der Waals surface area (Å²) in [4.78, 5) is 29.3. The van der Waals surface area contributed by atoms with Crippen LogP contribution in [-0.4, -0.2) is 74.1 Å². The van der Waals surface area contributed by atoms with Crippen molar-refractivity contribution in [2.75, 3.05) is 46.4 Å². The SMILES string of the molecule is COCCNC(=O)[C@H]1CCCN(C2CCN(C(=O)CCc3ccco3)CC2)C1. The summed E-state index contributed by atoms with van der Waals surface area (Å²) in [6.07, 6.45) is 6.82. The maximum Gasteiger partial charge on any atom is 0.224 e. The number of furan rings is 1. The van der Waals surface area contributed by atoms with Gasteiger partial charge in [0.05, 0.1) is 18.8 Å². The van der Waals surface area contributed by atoms with Crippen LogP contribution in [0.25, 0.3) is 0 Å². The summed E-state index contributed by atoms with van der Waals surface area (Å²) >= 11 is 0. The maximum absolute atomic E-state index is 12.5. The van der Waals surface area contributed by atoms with E-state index in [2.05, 4.69) is 10.2 Å². The largest absolute Gasteiger partial charge is 0.469 e. The van der Waals surface area contributed by atoms with E-state index >= 15 is 0 Å². The summed E-state index contributed by atoms with van der Waals surface area (Å²) in [6.45, 7) is 4.62. The molecule has 3 rings (SSSR count). The van der Waals surface area contributed by atoms with Crippen molar-refractivity contribution < 1.29 is 18.7 Å². The molecule has 2 fully saturated rings. The lowest BCUT2D eigenvalue weighted by molar-refractivity contribution is -0.133. The van der Waals surface area contributed by atoms with Gasteiger partial charge in [0.25, 0.3) is 0 Å². The molecular weight excluding hydrogens is 358 g/mol. The fourth-order valence-electron chi connectivity index (χ4n) is 4.30. The van der Waals surface area contributed by atoms with Crippen LogP contribution in [0.3, 0.4) is 0 Å². The Morgan fingerprint density at radius 3 is 2.79 bits per heavy atom. The second-order valence-electron chi connectivity index (χ2n) is 7.81. The van der Waals surface area contributed by atoms with E-state index in [4.69, 9.17) is 9.15 Å². The highest BCUT2D eigenvalue weighted by atomic mass is 16.5. The molecule has 2 saturated heterocycles. The number of carbonyl (C=O) groups is 2. The summed E-state index contributed by atoms with van der Waals surface area (Å²) in [5, 5.41) is 2.97. The molecule has 0 radical (unpaired) electrons. The zero-order valence-corrected chi connectivity index (χ0v) is 16.9. The first-order valence-corrected chi connectivity index (χ1v) is 10.5. The van der Waals surface area contributed by atoms with Gasteiger partial charge in [0.2, 0.25) is 11.8 Å². The number of nitrogens with zero attached hydrogens (tertiary/aromatic N) is 2. The Kier molecular flexibility index (Phi) is 7.91. The summed E-state index contributed by atoms with van der Waals surface area (Å²) in [6, 6.07) is 4.25. The fraction of sp³-hybridized carbons (Fsp3) is 0.714. The van der Waals surface area contributed by atoms with E-state index in [0.717, 1.165) is 57.6 Å². The zero-order valence-electron chi connectivity index (χ0n) is 16.9. The lowest BCUT2D eigenvalue weighted by Gasteiger charge is -2.42. The maximum atomic E-state index is 12.5. The van der Waals surface area contributed by atoms with Crippen LogP contribution in [0.15, 0.2) is 22.8 Å². The fourth-order valence-corrected chi connectivity index (χ4v) is 4.30. The molecule has 0 aromatic carbocycles. The Bertz CT molecular complexity index is 611. The summed E-state index contributed by atoms with van der Waals surface area (Å²) in [5.74, 6) is 1.29. The van der Waals surface area contributed by atoms with E-state index in [1.807, 2.05) is 17.0 Å². The third-order valence-corrected chi connectivity index (χ3v) is 5.93. The lowest BCUT2D eigenvalue weighted by Crippen LogP contribution is -2.51. The van der Waals surface area contributed by atoms with E-state index in [1.165, 1.54) is 0 Å². The van der Waals surface area contributed by atoms with Gasteiger partial charge in [-0.1, -0.05) is 0 Å². The van der Waals surface area contributed by atoms with Crippen LogP contribution in [-0.2, 0) is 20.7 Å². The van der Waals surface area contributed by atoms with Crippen molar-refractivity contribution in [3.63, 3.8) is 0 Å². The topological polar surface area (TPSA) is 75.0 Å². The monoisotopic (exact) mass is 391 g/mol. The third kappa shape index (κ3) is 5.82. The van der Waals surface area contributed by atoms with Crippen molar-refractivity contribution in [3.8, 4) is 0 Å². The average Bonchev–Trinajstić information content (AvgIpc) is 3.26. The highest BCUT2D eigenvalue weighted by Crippen LogP contribution is 2.24. The molecule has 1 aromatic heterocycles. The van der Waals surface area contributed by atoms with Gasteiger partial charge in [-0.2, -0.15) is 0 Å². The van der Waals surface area contributed by atoms with Crippen molar-refractivity contribution >= 4 is 11.8 Å². The minimum absolute atomic E-state index is 0.0681. The van der Waals surface area contributed by atoms with Gasteiger partial charge in [-0.3, -0.25) is 14.5 Å². The number of amides is 2. The second kappa shape index (κ2) is 10.6. The number of rotatable bonds is 8. The smallest absolute Gasteiger partial charge is 0.224 e. The van der Waals surface area contributed by atoms with Crippen LogP contribution in [0.2, 0.25) is 0 Å². The van der Waals surface area contributed by atoms with Gasteiger partial charge in [0.1, 0.15) is 5.76 Å². The number of ether oxygens (including phenoxy) is 1. The average molecular weight is 392 g/mol. The Hall–Kier alpha value is -1.86. The highest BCUT2D eigenvalue weighted by Gasteiger charge is 2.32. The Labute approximate surface area is 167 Å². The molecular formula is C21H33N3O4. The van der Waals surface area contributed by atoms with Crippen LogP contribution in [0, 0.1) is 5.92 Å². The van der Waals surface area contributed by atoms with Crippen LogP contribution in [0.4, 0.5) is 0 Å². The number of hydrogen-bond acceptors (Lipinski definition) is 5. The van der Waals surface area contributed by atoms with E-state index < -0.39 is 0 Å². The van der Waals surface area contributed by atoms with E-state index in [9.17, 15) is 9.59 Å². The number of aryl methyl sites for hydroxylation is 1. The van der Waals surface area contributed by atoms with Crippen molar-refractivity contribution in [1.82, 2.24) is 15.1 Å². The Morgan fingerprint density at radius 2 is 2.07 bits per heavy atom. The summed E-state index contributed by atoms with van der Waals surface area (Å²) < 4.78 is 10.3. The van der Waals surface area contributed by atoms with Gasteiger partial charge in [0.15, 0.2) is 0 Å². The van der Waals surface area contributed by atoms with E-state index in [0.29, 0.717) is 32.0 Å². The number of methoxy groups -OCH3 is 1. The quantitative estimate of drug-likeness (QED) is 0.683. The standard InChI is InChI=1S/C21H33N3O4/c1-27-15-10-22-21(26)17-4-2-11-24(16-17)18-8-12-23(13-9-18)20(25)7-6-19-5-3-14-28-19/h3,5,14,17-18H,2,4,6-13,15-16H2,1H3,(H,22,26)/t17-/m0/s1. The van der Waals surface area contributed by atoms with E-state index in [1.54, 1.807) is 13.4 Å². The number of carbonyl (C=O) groups excluding carboxylic acids is 2. The molecule has 7 nitrogen and oxygen atoms in total. The van der Waals surface area contributed by atoms with Crippen molar-refractivity contribution in [2.45, 2.75) is 44.6 Å². The van der Waals surface area contributed by atoms with Gasteiger partial charge in [0, 0.05) is 52.2 Å². The minimum atomic E-state index is 0.0681. The molecule has 2 amide bonds. The van der Waals surface area contributed by atoms with Crippen LogP contribution in [0.5, 0.6) is 0 Å². The summed E-state index contributed by atoms with van der Waals surface area (Å²) in [7, 11) is 1.64. The molecule has 3 heterocycles. The van der Waals surface area contributed by atoms with Crippen molar-refractivity contribution in [3.05, 3.63) is 24.2 Å². The van der Waals surface area contributed by atoms with Crippen molar-refractivity contribution in [2.24, 2.45) is 5.92 Å². The molecule has 2 aliphatic rings. The van der Waals surface area contributed by atoms with Crippen LogP contribution < -0.4 is 5.32 Å². The van der Waals surface area contributed by atoms with Crippen molar-refractivity contribution in [1.29, 1.82) is 0 Å². The highest BCUT2D eigenvalue weighted by molar-refractivity contribution is 5.79. The predicted octanol–water partition coefficient (Wildman–Crippen LogP) is 1.68. The van der Waals surface area contributed by atoms with Gasteiger partial charge in [-0.25, -0.2) is 0 Å². The molecule has 1 atom stereocenters. The molecule has 156 valence electrons. The van der Waals surface area contributed by atoms with Gasteiger partial charge >= 0.3 is 0 Å². The Morgan fingerprint density at radius 1 is 1.25 bits per heavy atom. The number of nitrogens with one attached hydrogen (secondary N) is 1. The predicted molar refractivity (Wildman–Crippen MR) is 106 cm³/mol. The molecule has 7 heteroatoms. The first-order chi connectivity index (χ1) is 13.7. The summed E-state index contributed by atoms with van der Waals surface area (Å²) in [5.41, 5.74) is 0. The number of hydrogen-bond donors (Lipinski definition) is 1. The third-order valence-electron chi connectivity index (χ3n) is 5.93. The number of likely N-dealkylation sites (tertiary alicyclic amines) is 2. The van der Waals surface area contributed by atoms with Gasteiger partial charge in [-0.05, 0) is 44.4 Å². The second-order valence-corrected chi connectivity index (χ2v) is 7.81. The molecule has 0 bridgehead atoms. The molecule has 0 spiro atoms. The van der Waals surface area contributed by atoms with Gasteiger partial charge < -0.3 is 19.4 Å². The Balaban J connectivity index is 1.40. The lowest BCUT2D eigenvalue weighted by atomic mass is 9.93. The molecule has 0 unspecified atom stereocenters. The first kappa shape index (κ1) is 20.9. The minimum Gasteiger partial charge on any atom is -0.469 e. The zero-order chi connectivity index (χ0) is 19.8. The molecule has 1 aromatic rings. The van der Waals surface area contributed by atoms with Crippen LogP contribution >= 0.6 is 0 Å².